The van der Waals surface area contributed by atoms with Crippen molar-refractivity contribution >= 4 is 0 Å². The molecule has 1 unspecified atom stereocenters. The van der Waals surface area contributed by atoms with Crippen LogP contribution in [0.15, 0.2) is 0 Å². The van der Waals surface area contributed by atoms with Crippen LogP contribution in [0.4, 0.5) is 0 Å². The van der Waals surface area contributed by atoms with Crippen LogP contribution in [0.2, 0.25) is 0 Å². The molecule has 0 N–H and O–H groups in total. The minimum absolute atomic E-state index is 0.00910. The van der Waals surface area contributed by atoms with E-state index in [1.807, 2.05) is 0 Å². The number of rotatable bonds is 1. The Balaban J connectivity index is 1.84. The minimum Gasteiger partial charge on any atom is -0.367 e. The van der Waals surface area contributed by atoms with Crippen LogP contribution < -0.4 is 0 Å². The Morgan fingerprint density at radius 1 is 1.50 bits per heavy atom. The molecule has 2 heterocycles. The highest BCUT2D eigenvalue weighted by molar-refractivity contribution is 4.94. The number of hydrogen-bond donors (Lipinski definition) is 0. The van der Waals surface area contributed by atoms with Crippen LogP contribution in [0, 0.1) is 0 Å². The van der Waals surface area contributed by atoms with Crippen LogP contribution in [0.5, 0.6) is 0 Å². The van der Waals surface area contributed by atoms with Gasteiger partial charge in [0.15, 0.2) is 6.29 Å². The highest BCUT2D eigenvalue weighted by Gasteiger charge is 2.48. The molecule has 0 amide bonds. The molecule has 1 spiro atoms. The maximum Gasteiger partial charge on any atom is 0.157 e. The molecule has 2 saturated heterocycles. The average molecular weight is 144 g/mol. The van der Waals surface area contributed by atoms with Gasteiger partial charge in [0.1, 0.15) is 5.60 Å². The summed E-state index contributed by atoms with van der Waals surface area (Å²) in [6, 6.07) is 0. The number of epoxide rings is 1. The summed E-state index contributed by atoms with van der Waals surface area (Å²) in [5, 5.41) is 0. The molecule has 0 aromatic rings. The molecule has 0 aromatic carbocycles. The van der Waals surface area contributed by atoms with E-state index in [0.29, 0.717) is 6.61 Å². The Hall–Kier alpha value is -0.120. The van der Waals surface area contributed by atoms with Crippen LogP contribution in [-0.4, -0.2) is 32.2 Å². The van der Waals surface area contributed by atoms with E-state index in [4.69, 9.17) is 14.2 Å². The van der Waals surface area contributed by atoms with Crippen LogP contribution in [0.3, 0.4) is 0 Å². The monoisotopic (exact) mass is 144 g/mol. The summed E-state index contributed by atoms with van der Waals surface area (Å²) < 4.78 is 15.6. The van der Waals surface area contributed by atoms with E-state index in [0.717, 1.165) is 19.4 Å². The van der Waals surface area contributed by atoms with Crippen LogP contribution in [0.1, 0.15) is 12.8 Å². The van der Waals surface area contributed by atoms with Gasteiger partial charge in [-0.1, -0.05) is 0 Å². The highest BCUT2D eigenvalue weighted by Crippen LogP contribution is 2.37. The molecule has 0 bridgehead atoms. The maximum absolute atomic E-state index is 5.36. The largest absolute Gasteiger partial charge is 0.367 e. The summed E-state index contributed by atoms with van der Waals surface area (Å²) in [5.41, 5.74) is 0.106. The van der Waals surface area contributed by atoms with Gasteiger partial charge in [-0.3, -0.25) is 0 Å². The van der Waals surface area contributed by atoms with Crippen molar-refractivity contribution in [2.45, 2.75) is 24.7 Å². The summed E-state index contributed by atoms with van der Waals surface area (Å²) in [4.78, 5) is 0. The van der Waals surface area contributed by atoms with Crippen molar-refractivity contribution in [3.63, 3.8) is 0 Å². The van der Waals surface area contributed by atoms with Crippen LogP contribution in [-0.2, 0) is 14.2 Å². The molecule has 3 heteroatoms. The molecule has 0 aromatic heterocycles. The molecule has 0 aliphatic carbocycles. The molecule has 2 aliphatic heterocycles. The van der Waals surface area contributed by atoms with Gasteiger partial charge in [-0.2, -0.15) is 0 Å². The third-order valence-corrected chi connectivity index (χ3v) is 2.18. The van der Waals surface area contributed by atoms with Gasteiger partial charge in [0.25, 0.3) is 0 Å². The standard InChI is InChI=1S/C7H12O3/c1-8-6-2-3-7(4-9-6)5-10-7/h6H,2-5H2,1H3/t6-,7?/m1/s1. The molecule has 10 heavy (non-hydrogen) atoms. The zero-order valence-electron chi connectivity index (χ0n) is 6.13. The topological polar surface area (TPSA) is 31.0 Å². The molecule has 0 saturated carbocycles. The SMILES string of the molecule is CO[C@H]1CCC2(CO1)CO2. The molecular weight excluding hydrogens is 132 g/mol. The van der Waals surface area contributed by atoms with Crippen molar-refractivity contribution < 1.29 is 14.2 Å². The van der Waals surface area contributed by atoms with Gasteiger partial charge < -0.3 is 14.2 Å². The van der Waals surface area contributed by atoms with Gasteiger partial charge in [0.2, 0.25) is 0 Å². The Labute approximate surface area is 60.3 Å². The van der Waals surface area contributed by atoms with Crippen LogP contribution in [0.25, 0.3) is 0 Å². The molecular formula is C7H12O3. The van der Waals surface area contributed by atoms with E-state index in [1.54, 1.807) is 7.11 Å². The lowest BCUT2D eigenvalue weighted by molar-refractivity contribution is -0.163. The first-order chi connectivity index (χ1) is 4.85. The Morgan fingerprint density at radius 2 is 2.30 bits per heavy atom. The quantitative estimate of drug-likeness (QED) is 0.503. The zero-order valence-corrected chi connectivity index (χ0v) is 6.13. The van der Waals surface area contributed by atoms with Gasteiger partial charge in [0, 0.05) is 13.5 Å². The first-order valence-corrected chi connectivity index (χ1v) is 3.63. The third-order valence-electron chi connectivity index (χ3n) is 2.18. The van der Waals surface area contributed by atoms with E-state index in [1.165, 1.54) is 0 Å². The number of hydrogen-bond acceptors (Lipinski definition) is 3. The van der Waals surface area contributed by atoms with Gasteiger partial charge in [-0.25, -0.2) is 0 Å². The molecule has 2 atom stereocenters. The predicted molar refractivity (Wildman–Crippen MR) is 34.7 cm³/mol. The van der Waals surface area contributed by atoms with E-state index >= 15 is 0 Å². The lowest BCUT2D eigenvalue weighted by Crippen LogP contribution is -2.32. The fourth-order valence-electron chi connectivity index (χ4n) is 1.30. The zero-order chi connectivity index (χ0) is 7.03. The lowest BCUT2D eigenvalue weighted by Gasteiger charge is -2.25. The second-order valence-electron chi connectivity index (χ2n) is 2.99. The average Bonchev–Trinajstić information content (AvgIpc) is 2.72. The highest BCUT2D eigenvalue weighted by atomic mass is 16.7. The van der Waals surface area contributed by atoms with Crippen molar-refractivity contribution in [1.29, 1.82) is 0 Å². The Bertz CT molecular complexity index is 121. The normalized spacial score (nSPS) is 45.9. The van der Waals surface area contributed by atoms with Crippen molar-refractivity contribution in [2.75, 3.05) is 20.3 Å². The van der Waals surface area contributed by atoms with E-state index in [-0.39, 0.29) is 11.9 Å². The Kier molecular flexibility index (Phi) is 1.44. The van der Waals surface area contributed by atoms with Gasteiger partial charge in [-0.05, 0) is 6.42 Å². The second-order valence-corrected chi connectivity index (χ2v) is 2.99. The lowest BCUT2D eigenvalue weighted by atomic mass is 10.0. The summed E-state index contributed by atoms with van der Waals surface area (Å²) in [5.74, 6) is 0. The minimum atomic E-state index is 0.00910. The summed E-state index contributed by atoms with van der Waals surface area (Å²) in [6.07, 6.45) is 2.07. The van der Waals surface area contributed by atoms with Crippen molar-refractivity contribution in [2.24, 2.45) is 0 Å². The number of methoxy groups -OCH3 is 1. The van der Waals surface area contributed by atoms with E-state index < -0.39 is 0 Å². The van der Waals surface area contributed by atoms with E-state index in [2.05, 4.69) is 0 Å². The van der Waals surface area contributed by atoms with Crippen molar-refractivity contribution in [3.8, 4) is 0 Å². The van der Waals surface area contributed by atoms with Crippen LogP contribution >= 0.6 is 0 Å². The molecule has 58 valence electrons. The molecule has 2 aliphatic rings. The molecule has 0 radical (unpaired) electrons. The molecule has 2 rings (SSSR count). The molecule has 3 nitrogen and oxygen atoms in total. The first kappa shape index (κ1) is 6.58. The fourth-order valence-corrected chi connectivity index (χ4v) is 1.30. The predicted octanol–water partition coefficient (Wildman–Crippen LogP) is 0.538. The van der Waals surface area contributed by atoms with Crippen molar-refractivity contribution in [1.82, 2.24) is 0 Å². The second kappa shape index (κ2) is 2.19. The van der Waals surface area contributed by atoms with Gasteiger partial charge >= 0.3 is 0 Å². The van der Waals surface area contributed by atoms with E-state index in [9.17, 15) is 0 Å². The Morgan fingerprint density at radius 3 is 2.70 bits per heavy atom. The smallest absolute Gasteiger partial charge is 0.157 e. The van der Waals surface area contributed by atoms with Gasteiger partial charge in [-0.15, -0.1) is 0 Å². The van der Waals surface area contributed by atoms with Gasteiger partial charge in [0.05, 0.1) is 13.2 Å². The fraction of sp³-hybridized carbons (Fsp3) is 1.00. The third kappa shape index (κ3) is 1.05. The summed E-state index contributed by atoms with van der Waals surface area (Å²) >= 11 is 0. The molecule has 2 fully saturated rings. The maximum atomic E-state index is 5.36. The first-order valence-electron chi connectivity index (χ1n) is 3.63. The van der Waals surface area contributed by atoms with Crippen molar-refractivity contribution in [3.05, 3.63) is 0 Å². The summed E-state index contributed by atoms with van der Waals surface area (Å²) in [7, 11) is 1.68. The number of ether oxygens (including phenoxy) is 3. The summed E-state index contributed by atoms with van der Waals surface area (Å²) in [6.45, 7) is 1.59.